The lowest BCUT2D eigenvalue weighted by molar-refractivity contribution is -0.124. The number of aryl methyl sites for hydroxylation is 1. The van der Waals surface area contributed by atoms with Gasteiger partial charge in [-0.25, -0.2) is 4.39 Å². The highest BCUT2D eigenvalue weighted by Gasteiger charge is 2.48. The van der Waals surface area contributed by atoms with Crippen LogP contribution in [-0.4, -0.2) is 58.0 Å². The molecule has 1 aliphatic carbocycles. The minimum atomic E-state index is -0.615. The van der Waals surface area contributed by atoms with Gasteiger partial charge in [-0.1, -0.05) is 23.7 Å². The Labute approximate surface area is 221 Å². The molecule has 0 bridgehead atoms. The van der Waals surface area contributed by atoms with Crippen LogP contribution in [0.5, 0.6) is 0 Å². The lowest BCUT2D eigenvalue weighted by Gasteiger charge is -2.35. The van der Waals surface area contributed by atoms with E-state index in [0.717, 1.165) is 50.8 Å². The number of benzene rings is 2. The highest BCUT2D eigenvalue weighted by Crippen LogP contribution is 2.47. The Bertz CT molecular complexity index is 1400. The fraction of sp³-hybridized carbons (Fsp3) is 0.414. The molecule has 5 rings (SSSR count). The number of likely N-dealkylation sites (N-methyl/N-ethyl adjacent to an activating group) is 1. The monoisotopic (exact) mass is 523 g/mol. The fourth-order valence-electron chi connectivity index (χ4n) is 6.21. The van der Waals surface area contributed by atoms with Gasteiger partial charge in [0.05, 0.1) is 16.1 Å². The van der Waals surface area contributed by atoms with Crippen LogP contribution in [0.2, 0.25) is 5.02 Å². The smallest absolute Gasteiger partial charge is 0.294 e. The van der Waals surface area contributed by atoms with E-state index in [-0.39, 0.29) is 28.6 Å². The first-order chi connectivity index (χ1) is 17.6. The number of aromatic nitrogens is 1. The molecule has 2 aliphatic rings. The van der Waals surface area contributed by atoms with Gasteiger partial charge in [-0.2, -0.15) is 0 Å². The van der Waals surface area contributed by atoms with E-state index in [4.69, 9.17) is 11.6 Å². The molecule has 1 spiro atoms. The third-order valence-electron chi connectivity index (χ3n) is 8.17. The molecule has 1 saturated heterocycles. The van der Waals surface area contributed by atoms with Crippen LogP contribution in [0.3, 0.4) is 0 Å². The summed E-state index contributed by atoms with van der Waals surface area (Å²) in [7, 11) is 4.86. The van der Waals surface area contributed by atoms with Crippen LogP contribution >= 0.6 is 11.6 Å². The maximum Gasteiger partial charge on any atom is 0.294 e. The minimum Gasteiger partial charge on any atom is -0.350 e. The molecule has 2 aromatic carbocycles. The highest BCUT2D eigenvalue weighted by atomic mass is 35.5. The Kier molecular flexibility index (Phi) is 6.71. The van der Waals surface area contributed by atoms with Crippen molar-refractivity contribution in [2.75, 3.05) is 20.6 Å². The van der Waals surface area contributed by atoms with Gasteiger partial charge in [0.25, 0.3) is 11.7 Å². The van der Waals surface area contributed by atoms with E-state index in [1.807, 2.05) is 12.1 Å². The van der Waals surface area contributed by atoms with E-state index in [2.05, 4.69) is 4.90 Å². The number of hydrogen-bond acceptors (Lipinski definition) is 4. The van der Waals surface area contributed by atoms with Gasteiger partial charge in [0, 0.05) is 56.3 Å². The van der Waals surface area contributed by atoms with Crippen LogP contribution in [-0.2, 0) is 18.4 Å². The summed E-state index contributed by atoms with van der Waals surface area (Å²) in [6.07, 6.45) is 6.18. The maximum atomic E-state index is 13.8. The number of likely N-dealkylation sites (tertiary alicyclic amines) is 1. The van der Waals surface area contributed by atoms with Crippen LogP contribution < -0.4 is 0 Å². The van der Waals surface area contributed by atoms with Gasteiger partial charge in [0.1, 0.15) is 5.82 Å². The molecule has 2 fully saturated rings. The van der Waals surface area contributed by atoms with E-state index in [1.54, 1.807) is 29.9 Å². The van der Waals surface area contributed by atoms with E-state index >= 15 is 0 Å². The van der Waals surface area contributed by atoms with Crippen molar-refractivity contribution in [1.29, 1.82) is 0 Å². The third kappa shape index (κ3) is 4.59. The second-order valence-electron chi connectivity index (χ2n) is 10.7. The summed E-state index contributed by atoms with van der Waals surface area (Å²) < 4.78 is 15.1. The zero-order chi connectivity index (χ0) is 26.5. The summed E-state index contributed by atoms with van der Waals surface area (Å²) >= 11 is 6.61. The number of halogens is 2. The summed E-state index contributed by atoms with van der Waals surface area (Å²) in [5.74, 6) is -1.66. The number of rotatable bonds is 6. The number of nitrogens with zero attached hydrogens (tertiary/aromatic N) is 3. The Morgan fingerprint density at radius 3 is 2.54 bits per heavy atom. The Balaban J connectivity index is 1.41. The molecular weight excluding hydrogens is 493 g/mol. The molecule has 1 aliphatic heterocycles. The highest BCUT2D eigenvalue weighted by molar-refractivity contribution is 6.45. The molecule has 0 radical (unpaired) electrons. The number of carbonyl (C=O) groups excluding carboxylic acids is 3. The van der Waals surface area contributed by atoms with Gasteiger partial charge >= 0.3 is 0 Å². The zero-order valence-corrected chi connectivity index (χ0v) is 22.1. The normalized spacial score (nSPS) is 21.7. The quantitative estimate of drug-likeness (QED) is 0.326. The van der Waals surface area contributed by atoms with E-state index < -0.39 is 11.7 Å². The fourth-order valence-corrected chi connectivity index (χ4v) is 6.46. The number of amides is 1. The molecule has 194 valence electrons. The molecular formula is C29H31ClFN3O3. The molecule has 8 heteroatoms. The second-order valence-corrected chi connectivity index (χ2v) is 11.1. The van der Waals surface area contributed by atoms with E-state index in [0.29, 0.717) is 21.5 Å². The van der Waals surface area contributed by atoms with Crippen LogP contribution in [0, 0.1) is 11.7 Å². The summed E-state index contributed by atoms with van der Waals surface area (Å²) in [5.41, 5.74) is 2.39. The van der Waals surface area contributed by atoms with Gasteiger partial charge in [-0.05, 0) is 68.5 Å². The first-order valence-electron chi connectivity index (χ1n) is 12.7. The van der Waals surface area contributed by atoms with Gasteiger partial charge in [0.2, 0.25) is 0 Å². The molecule has 6 nitrogen and oxygen atoms in total. The summed E-state index contributed by atoms with van der Waals surface area (Å²) in [4.78, 5) is 42.7. The Hall–Kier alpha value is -3.03. The van der Waals surface area contributed by atoms with Crippen molar-refractivity contribution in [3.8, 4) is 0 Å². The van der Waals surface area contributed by atoms with Gasteiger partial charge in [0.15, 0.2) is 5.78 Å². The lowest BCUT2D eigenvalue weighted by Crippen LogP contribution is -2.41. The van der Waals surface area contributed by atoms with Gasteiger partial charge in [-0.3, -0.25) is 19.3 Å². The number of fused-ring (bicyclic) bond motifs is 1. The Morgan fingerprint density at radius 2 is 1.84 bits per heavy atom. The lowest BCUT2D eigenvalue weighted by atomic mass is 9.89. The van der Waals surface area contributed by atoms with E-state index in [9.17, 15) is 18.8 Å². The van der Waals surface area contributed by atoms with Crippen molar-refractivity contribution in [3.05, 3.63) is 70.1 Å². The summed E-state index contributed by atoms with van der Waals surface area (Å²) in [5, 5.41) is 0.911. The average molecular weight is 524 g/mol. The van der Waals surface area contributed by atoms with Crippen LogP contribution in [0.15, 0.2) is 42.6 Å². The Morgan fingerprint density at radius 1 is 1.11 bits per heavy atom. The second kappa shape index (κ2) is 9.69. The molecule has 3 aromatic rings. The maximum absolute atomic E-state index is 13.8. The third-order valence-corrected chi connectivity index (χ3v) is 8.48. The molecule has 1 saturated carbocycles. The van der Waals surface area contributed by atoms with Crippen molar-refractivity contribution in [3.63, 3.8) is 0 Å². The van der Waals surface area contributed by atoms with E-state index in [1.165, 1.54) is 31.1 Å². The molecule has 2 heterocycles. The average Bonchev–Trinajstić information content (AvgIpc) is 3.57. The molecule has 37 heavy (non-hydrogen) atoms. The largest absolute Gasteiger partial charge is 0.350 e. The molecule has 1 amide bonds. The zero-order valence-electron chi connectivity index (χ0n) is 21.4. The van der Waals surface area contributed by atoms with Gasteiger partial charge < -0.3 is 9.47 Å². The van der Waals surface area contributed by atoms with Crippen molar-refractivity contribution in [2.45, 2.75) is 44.2 Å². The first kappa shape index (κ1) is 25.6. The molecule has 2 unspecified atom stereocenters. The van der Waals surface area contributed by atoms with Crippen molar-refractivity contribution in [2.24, 2.45) is 13.0 Å². The van der Waals surface area contributed by atoms with Gasteiger partial charge in [-0.15, -0.1) is 0 Å². The summed E-state index contributed by atoms with van der Waals surface area (Å²) in [6.45, 7) is 1.70. The SMILES string of the molecule is CN(C)C(=O)C(=O)c1cn(C)c2cc(Cl)c(C(=O)C3CCC4(CCCN4Cc4ccc(F)cc4)C3)cc12. The minimum absolute atomic E-state index is 0.0152. The number of carbonyl (C=O) groups is 3. The molecule has 2 atom stereocenters. The number of ketones is 2. The van der Waals surface area contributed by atoms with Crippen LogP contribution in [0.25, 0.3) is 10.9 Å². The van der Waals surface area contributed by atoms with Crippen molar-refractivity contribution < 1.29 is 18.8 Å². The topological polar surface area (TPSA) is 62.6 Å². The van der Waals surface area contributed by atoms with Crippen molar-refractivity contribution >= 4 is 40.0 Å². The molecule has 1 aromatic heterocycles. The number of hydrogen-bond donors (Lipinski definition) is 0. The summed E-state index contributed by atoms with van der Waals surface area (Å²) in [6, 6.07) is 10.0. The van der Waals surface area contributed by atoms with Crippen LogP contribution in [0.4, 0.5) is 4.39 Å². The van der Waals surface area contributed by atoms with Crippen LogP contribution in [0.1, 0.15) is 58.4 Å². The molecule has 0 N–H and O–H groups in total. The number of Topliss-reactive ketones (excluding diaryl/α,β-unsaturated/α-hetero) is 2. The van der Waals surface area contributed by atoms with Crippen molar-refractivity contribution in [1.82, 2.24) is 14.4 Å². The first-order valence-corrected chi connectivity index (χ1v) is 13.1. The predicted octanol–water partition coefficient (Wildman–Crippen LogP) is 5.26. The standard InChI is InChI=1S/C29H31ClFN3O3/c1-32(2)28(37)27(36)23-17-33(3)25-14-24(30)22(13-21(23)25)26(35)19-9-11-29(15-19)10-4-12-34(29)16-18-5-7-20(31)8-6-18/h5-8,13-14,17,19H,4,9-12,15-16H2,1-3H3. The predicted molar refractivity (Wildman–Crippen MR) is 141 cm³/mol.